The lowest BCUT2D eigenvalue weighted by Crippen LogP contribution is -2.24. The molecule has 0 saturated heterocycles. The van der Waals surface area contributed by atoms with E-state index in [-0.39, 0.29) is 6.10 Å². The van der Waals surface area contributed by atoms with Gasteiger partial charge in [-0.05, 0) is 18.4 Å². The van der Waals surface area contributed by atoms with Crippen LogP contribution in [0.4, 0.5) is 0 Å². The molecule has 0 radical (unpaired) electrons. The van der Waals surface area contributed by atoms with Gasteiger partial charge in [0.05, 0.1) is 25.9 Å². The molecule has 0 bridgehead atoms. The van der Waals surface area contributed by atoms with Crippen LogP contribution in [-0.4, -0.2) is 39.1 Å². The van der Waals surface area contributed by atoms with Gasteiger partial charge < -0.3 is 14.2 Å². The topological polar surface area (TPSA) is 27.7 Å². The predicted molar refractivity (Wildman–Crippen MR) is 91.3 cm³/mol. The molecule has 0 aliphatic heterocycles. The highest BCUT2D eigenvalue weighted by Crippen LogP contribution is 2.07. The van der Waals surface area contributed by atoms with E-state index in [4.69, 9.17) is 14.2 Å². The normalized spacial score (nSPS) is 12.5. The Bertz CT molecular complexity index is 340. The molecule has 0 aromatic heterocycles. The highest BCUT2D eigenvalue weighted by atomic mass is 16.5. The van der Waals surface area contributed by atoms with Crippen molar-refractivity contribution in [2.75, 3.05) is 33.0 Å². The molecule has 0 fully saturated rings. The molecule has 0 heterocycles. The molecule has 0 saturated carbocycles. The zero-order valence-corrected chi connectivity index (χ0v) is 14.3. The summed E-state index contributed by atoms with van der Waals surface area (Å²) in [5.41, 5.74) is 1.30. The third-order valence-corrected chi connectivity index (χ3v) is 3.48. The average Bonchev–Trinajstić information content (AvgIpc) is 2.55. The Labute approximate surface area is 136 Å². The van der Waals surface area contributed by atoms with Gasteiger partial charge in [-0.2, -0.15) is 0 Å². The van der Waals surface area contributed by atoms with Crippen molar-refractivity contribution in [1.82, 2.24) is 0 Å². The van der Waals surface area contributed by atoms with Crippen molar-refractivity contribution >= 4 is 0 Å². The quantitative estimate of drug-likeness (QED) is 0.481. The summed E-state index contributed by atoms with van der Waals surface area (Å²) >= 11 is 0. The first-order chi connectivity index (χ1) is 10.9. The molecule has 0 aliphatic carbocycles. The Morgan fingerprint density at radius 1 is 0.818 bits per heavy atom. The van der Waals surface area contributed by atoms with Crippen LogP contribution in [-0.2, 0) is 20.6 Å². The third-order valence-electron chi connectivity index (χ3n) is 3.48. The molecule has 1 atom stereocenters. The van der Waals surface area contributed by atoms with Gasteiger partial charge in [0.15, 0.2) is 0 Å². The SMILES string of the molecule is CCCCOCCOCC(Cc1ccccc1)OCCCC. The van der Waals surface area contributed by atoms with Crippen LogP contribution in [0.15, 0.2) is 30.3 Å². The molecule has 3 nitrogen and oxygen atoms in total. The van der Waals surface area contributed by atoms with Crippen LogP contribution in [0.1, 0.15) is 45.1 Å². The van der Waals surface area contributed by atoms with Gasteiger partial charge in [0.2, 0.25) is 0 Å². The molecule has 22 heavy (non-hydrogen) atoms. The zero-order valence-electron chi connectivity index (χ0n) is 14.3. The van der Waals surface area contributed by atoms with E-state index in [0.717, 1.165) is 38.9 Å². The van der Waals surface area contributed by atoms with Gasteiger partial charge in [0.1, 0.15) is 0 Å². The Balaban J connectivity index is 2.22. The second-order valence-electron chi connectivity index (χ2n) is 5.58. The number of hydrogen-bond acceptors (Lipinski definition) is 3. The standard InChI is InChI=1S/C19H32O3/c1-3-5-12-20-14-15-21-17-19(22-13-6-4-2)16-18-10-8-7-9-11-18/h7-11,19H,3-6,12-17H2,1-2H3. The van der Waals surface area contributed by atoms with Crippen molar-refractivity contribution in [2.24, 2.45) is 0 Å². The van der Waals surface area contributed by atoms with Crippen LogP contribution in [0.5, 0.6) is 0 Å². The lowest BCUT2D eigenvalue weighted by molar-refractivity contribution is -0.0315. The van der Waals surface area contributed by atoms with Crippen LogP contribution in [0, 0.1) is 0 Å². The summed E-state index contributed by atoms with van der Waals surface area (Å²) in [6.45, 7) is 7.95. The summed E-state index contributed by atoms with van der Waals surface area (Å²) in [5.74, 6) is 0. The number of rotatable bonds is 14. The second kappa shape index (κ2) is 13.7. The molecule has 0 spiro atoms. The van der Waals surface area contributed by atoms with Gasteiger partial charge >= 0.3 is 0 Å². The van der Waals surface area contributed by atoms with E-state index in [2.05, 4.69) is 38.1 Å². The molecule has 3 heteroatoms. The summed E-state index contributed by atoms with van der Waals surface area (Å²) in [6, 6.07) is 10.5. The Morgan fingerprint density at radius 2 is 1.50 bits per heavy atom. The van der Waals surface area contributed by atoms with E-state index >= 15 is 0 Å². The van der Waals surface area contributed by atoms with Crippen LogP contribution in [0.3, 0.4) is 0 Å². The van der Waals surface area contributed by atoms with Gasteiger partial charge in [-0.25, -0.2) is 0 Å². The smallest absolute Gasteiger partial charge is 0.0848 e. The van der Waals surface area contributed by atoms with Crippen molar-refractivity contribution < 1.29 is 14.2 Å². The predicted octanol–water partition coefficient (Wildman–Crippen LogP) is 4.25. The molecular formula is C19H32O3. The monoisotopic (exact) mass is 308 g/mol. The summed E-state index contributed by atoms with van der Waals surface area (Å²) < 4.78 is 17.2. The van der Waals surface area contributed by atoms with Crippen LogP contribution in [0.25, 0.3) is 0 Å². The minimum absolute atomic E-state index is 0.129. The summed E-state index contributed by atoms with van der Waals surface area (Å²) in [7, 11) is 0. The minimum Gasteiger partial charge on any atom is -0.379 e. The Morgan fingerprint density at radius 3 is 2.23 bits per heavy atom. The highest BCUT2D eigenvalue weighted by Gasteiger charge is 2.10. The fourth-order valence-electron chi connectivity index (χ4n) is 2.12. The molecule has 126 valence electrons. The first-order valence-corrected chi connectivity index (χ1v) is 8.67. The maximum absolute atomic E-state index is 5.97. The Kier molecular flexibility index (Phi) is 12.0. The van der Waals surface area contributed by atoms with Gasteiger partial charge in [0.25, 0.3) is 0 Å². The van der Waals surface area contributed by atoms with E-state index < -0.39 is 0 Å². The van der Waals surface area contributed by atoms with Gasteiger partial charge in [-0.3, -0.25) is 0 Å². The van der Waals surface area contributed by atoms with E-state index in [1.165, 1.54) is 12.0 Å². The largest absolute Gasteiger partial charge is 0.379 e. The number of hydrogen-bond donors (Lipinski definition) is 0. The molecule has 0 N–H and O–H groups in total. The molecule has 0 amide bonds. The van der Waals surface area contributed by atoms with Crippen LogP contribution < -0.4 is 0 Å². The molecule has 1 aromatic rings. The fourth-order valence-corrected chi connectivity index (χ4v) is 2.12. The molecule has 0 aliphatic rings. The van der Waals surface area contributed by atoms with E-state index in [1.54, 1.807) is 0 Å². The summed E-state index contributed by atoms with van der Waals surface area (Å²) in [6.07, 6.45) is 5.59. The van der Waals surface area contributed by atoms with Crippen molar-refractivity contribution in [3.05, 3.63) is 35.9 Å². The minimum atomic E-state index is 0.129. The van der Waals surface area contributed by atoms with Crippen molar-refractivity contribution in [3.63, 3.8) is 0 Å². The number of ether oxygens (including phenoxy) is 3. The van der Waals surface area contributed by atoms with Gasteiger partial charge in [0, 0.05) is 19.6 Å². The van der Waals surface area contributed by atoms with Crippen molar-refractivity contribution in [2.45, 2.75) is 52.1 Å². The summed E-state index contributed by atoms with van der Waals surface area (Å²) in [5, 5.41) is 0. The third kappa shape index (κ3) is 9.93. The van der Waals surface area contributed by atoms with E-state index in [9.17, 15) is 0 Å². The first kappa shape index (κ1) is 19.1. The average molecular weight is 308 g/mol. The maximum atomic E-state index is 5.97. The maximum Gasteiger partial charge on any atom is 0.0848 e. The number of benzene rings is 1. The van der Waals surface area contributed by atoms with Crippen LogP contribution >= 0.6 is 0 Å². The molecule has 1 rings (SSSR count). The Hall–Kier alpha value is -0.900. The second-order valence-corrected chi connectivity index (χ2v) is 5.58. The van der Waals surface area contributed by atoms with Crippen molar-refractivity contribution in [1.29, 1.82) is 0 Å². The lowest BCUT2D eigenvalue weighted by Gasteiger charge is -2.18. The molecule has 1 aromatic carbocycles. The zero-order chi connectivity index (χ0) is 15.9. The van der Waals surface area contributed by atoms with Gasteiger partial charge in [-0.15, -0.1) is 0 Å². The van der Waals surface area contributed by atoms with Crippen LogP contribution in [0.2, 0.25) is 0 Å². The summed E-state index contributed by atoms with van der Waals surface area (Å²) in [4.78, 5) is 0. The highest BCUT2D eigenvalue weighted by molar-refractivity contribution is 5.15. The number of unbranched alkanes of at least 4 members (excludes halogenated alkanes) is 2. The lowest BCUT2D eigenvalue weighted by atomic mass is 10.1. The van der Waals surface area contributed by atoms with E-state index in [0.29, 0.717) is 19.8 Å². The fraction of sp³-hybridized carbons (Fsp3) is 0.684. The van der Waals surface area contributed by atoms with E-state index in [1.807, 2.05) is 6.07 Å². The van der Waals surface area contributed by atoms with Crippen molar-refractivity contribution in [3.8, 4) is 0 Å². The first-order valence-electron chi connectivity index (χ1n) is 8.67. The van der Waals surface area contributed by atoms with Gasteiger partial charge in [-0.1, -0.05) is 57.0 Å². The molecule has 1 unspecified atom stereocenters. The molecular weight excluding hydrogens is 276 g/mol.